The Kier molecular flexibility index (Phi) is 1.46. The van der Waals surface area contributed by atoms with Gasteiger partial charge < -0.3 is 5.11 Å². The number of rotatable bonds is 0. The molecule has 3 aliphatic heterocycles. The summed E-state index contributed by atoms with van der Waals surface area (Å²) in [7, 11) is 0. The van der Waals surface area contributed by atoms with E-state index in [2.05, 4.69) is 11.8 Å². The first-order valence-electron chi connectivity index (χ1n) is 4.21. The van der Waals surface area contributed by atoms with Gasteiger partial charge in [0, 0.05) is 6.04 Å². The number of aliphatic hydroxyl groups excluding tert-OH is 1. The van der Waals surface area contributed by atoms with Crippen LogP contribution in [0, 0.1) is 5.92 Å². The highest BCUT2D eigenvalue weighted by Crippen LogP contribution is 2.31. The van der Waals surface area contributed by atoms with Crippen LogP contribution in [0.4, 0.5) is 0 Å². The van der Waals surface area contributed by atoms with Crippen molar-refractivity contribution in [3.63, 3.8) is 0 Å². The molecule has 0 amide bonds. The van der Waals surface area contributed by atoms with E-state index in [1.807, 2.05) is 0 Å². The second kappa shape index (κ2) is 2.21. The third-order valence-corrected chi connectivity index (χ3v) is 3.13. The Bertz CT molecular complexity index is 109. The van der Waals surface area contributed by atoms with Gasteiger partial charge >= 0.3 is 0 Å². The van der Waals surface area contributed by atoms with E-state index in [0.29, 0.717) is 12.0 Å². The van der Waals surface area contributed by atoms with Crippen LogP contribution in [-0.2, 0) is 0 Å². The van der Waals surface area contributed by atoms with Crippen LogP contribution < -0.4 is 0 Å². The van der Waals surface area contributed by atoms with Crippen molar-refractivity contribution in [1.82, 2.24) is 4.90 Å². The quantitative estimate of drug-likeness (QED) is 0.530. The van der Waals surface area contributed by atoms with Gasteiger partial charge in [-0.1, -0.05) is 0 Å². The van der Waals surface area contributed by atoms with Crippen molar-refractivity contribution in [2.24, 2.45) is 5.92 Å². The molecule has 0 aromatic carbocycles. The lowest BCUT2D eigenvalue weighted by molar-refractivity contribution is -0.0646. The topological polar surface area (TPSA) is 23.5 Å². The molecule has 1 N–H and O–H groups in total. The number of hydrogen-bond donors (Lipinski definition) is 1. The van der Waals surface area contributed by atoms with E-state index in [-0.39, 0.29) is 6.10 Å². The fraction of sp³-hybridized carbons (Fsp3) is 1.00. The molecule has 0 spiro atoms. The Morgan fingerprint density at radius 2 is 1.90 bits per heavy atom. The molecule has 2 nitrogen and oxygen atoms in total. The molecule has 10 heavy (non-hydrogen) atoms. The van der Waals surface area contributed by atoms with Crippen LogP contribution in [0.5, 0.6) is 0 Å². The minimum Gasteiger partial charge on any atom is -0.391 e. The fourth-order valence-electron chi connectivity index (χ4n) is 2.28. The molecule has 58 valence electrons. The third-order valence-electron chi connectivity index (χ3n) is 3.13. The van der Waals surface area contributed by atoms with Crippen LogP contribution in [-0.4, -0.2) is 35.2 Å². The number of hydrogen-bond acceptors (Lipinski definition) is 2. The molecule has 3 heterocycles. The minimum atomic E-state index is -0.0394. The number of fused-ring (bicyclic) bond motifs is 3. The average molecular weight is 141 g/mol. The lowest BCUT2D eigenvalue weighted by Crippen LogP contribution is -2.56. The summed E-state index contributed by atoms with van der Waals surface area (Å²) in [5, 5.41) is 9.63. The molecule has 3 saturated heterocycles. The number of piperidine rings is 3. The zero-order valence-corrected chi connectivity index (χ0v) is 6.45. The van der Waals surface area contributed by atoms with Crippen LogP contribution in [0.2, 0.25) is 0 Å². The molecule has 0 aromatic heterocycles. The summed E-state index contributed by atoms with van der Waals surface area (Å²) in [5.41, 5.74) is 0. The van der Waals surface area contributed by atoms with E-state index in [0.717, 1.165) is 0 Å². The Hall–Kier alpha value is -0.0800. The van der Waals surface area contributed by atoms with E-state index < -0.39 is 0 Å². The lowest BCUT2D eigenvalue weighted by Gasteiger charge is -2.47. The highest BCUT2D eigenvalue weighted by Gasteiger charge is 2.38. The van der Waals surface area contributed by atoms with Gasteiger partial charge in [-0.25, -0.2) is 0 Å². The molecular weight excluding hydrogens is 126 g/mol. The van der Waals surface area contributed by atoms with Crippen molar-refractivity contribution < 1.29 is 5.11 Å². The van der Waals surface area contributed by atoms with Crippen LogP contribution in [0.1, 0.15) is 19.8 Å². The van der Waals surface area contributed by atoms with Crippen LogP contribution in [0.15, 0.2) is 0 Å². The molecule has 1 unspecified atom stereocenters. The van der Waals surface area contributed by atoms with Gasteiger partial charge in [0.25, 0.3) is 0 Å². The molecular formula is C8H15NO. The standard InChI is InChI=1S/C8H15NO/c1-6-8(10)7-2-4-9(6)5-3-7/h6-8,10H,2-5H2,1H3/t6?,8-/m0/s1. The molecule has 3 rings (SSSR count). The summed E-state index contributed by atoms with van der Waals surface area (Å²) >= 11 is 0. The van der Waals surface area contributed by atoms with E-state index in [1.54, 1.807) is 0 Å². The second-order valence-electron chi connectivity index (χ2n) is 3.60. The van der Waals surface area contributed by atoms with E-state index in [4.69, 9.17) is 0 Å². The lowest BCUT2D eigenvalue weighted by atomic mass is 9.81. The Morgan fingerprint density at radius 1 is 1.30 bits per heavy atom. The summed E-state index contributed by atoms with van der Waals surface area (Å²) in [5.74, 6) is 0.611. The number of nitrogens with zero attached hydrogens (tertiary/aromatic N) is 1. The molecule has 2 heteroatoms. The highest BCUT2D eigenvalue weighted by molar-refractivity contribution is 4.91. The Labute approximate surface area is 61.8 Å². The normalized spacial score (nSPS) is 53.4. The molecule has 3 aliphatic rings. The van der Waals surface area contributed by atoms with Gasteiger partial charge in [0.2, 0.25) is 0 Å². The summed E-state index contributed by atoms with van der Waals surface area (Å²) in [6, 6.07) is 0.424. The summed E-state index contributed by atoms with van der Waals surface area (Å²) in [4.78, 5) is 2.39. The molecule has 0 saturated carbocycles. The Morgan fingerprint density at radius 3 is 2.20 bits per heavy atom. The largest absolute Gasteiger partial charge is 0.391 e. The molecule has 3 fully saturated rings. The molecule has 0 aromatic rings. The van der Waals surface area contributed by atoms with E-state index in [1.165, 1.54) is 25.9 Å². The van der Waals surface area contributed by atoms with Gasteiger partial charge in [0.1, 0.15) is 0 Å². The molecule has 0 radical (unpaired) electrons. The second-order valence-corrected chi connectivity index (χ2v) is 3.60. The van der Waals surface area contributed by atoms with E-state index in [9.17, 15) is 5.11 Å². The van der Waals surface area contributed by atoms with Crippen molar-refractivity contribution in [3.05, 3.63) is 0 Å². The van der Waals surface area contributed by atoms with Gasteiger partial charge in [0.05, 0.1) is 6.10 Å². The van der Waals surface area contributed by atoms with Crippen LogP contribution in [0.25, 0.3) is 0 Å². The van der Waals surface area contributed by atoms with Crippen LogP contribution in [0.3, 0.4) is 0 Å². The highest BCUT2D eigenvalue weighted by atomic mass is 16.3. The minimum absolute atomic E-state index is 0.0394. The van der Waals surface area contributed by atoms with Crippen molar-refractivity contribution in [1.29, 1.82) is 0 Å². The number of aliphatic hydroxyl groups is 1. The van der Waals surface area contributed by atoms with Crippen molar-refractivity contribution >= 4 is 0 Å². The predicted molar refractivity (Wildman–Crippen MR) is 39.8 cm³/mol. The van der Waals surface area contributed by atoms with Crippen molar-refractivity contribution in [2.75, 3.05) is 13.1 Å². The van der Waals surface area contributed by atoms with Gasteiger partial charge in [-0.05, 0) is 38.8 Å². The summed E-state index contributed by atoms with van der Waals surface area (Å²) in [6.07, 6.45) is 2.39. The summed E-state index contributed by atoms with van der Waals surface area (Å²) in [6.45, 7) is 4.56. The van der Waals surface area contributed by atoms with Gasteiger partial charge in [-0.15, -0.1) is 0 Å². The Balaban J connectivity index is 2.13. The van der Waals surface area contributed by atoms with E-state index >= 15 is 0 Å². The van der Waals surface area contributed by atoms with Crippen LogP contribution >= 0.6 is 0 Å². The zero-order chi connectivity index (χ0) is 7.14. The maximum Gasteiger partial charge on any atom is 0.0721 e. The predicted octanol–water partition coefficient (Wildman–Crippen LogP) is 0.461. The smallest absolute Gasteiger partial charge is 0.0721 e. The van der Waals surface area contributed by atoms with Gasteiger partial charge in [-0.2, -0.15) is 0 Å². The van der Waals surface area contributed by atoms with Crippen molar-refractivity contribution in [3.8, 4) is 0 Å². The monoisotopic (exact) mass is 141 g/mol. The van der Waals surface area contributed by atoms with Crippen molar-refractivity contribution in [2.45, 2.75) is 31.9 Å². The van der Waals surface area contributed by atoms with Gasteiger partial charge in [0.15, 0.2) is 0 Å². The first-order chi connectivity index (χ1) is 4.79. The maximum absolute atomic E-state index is 9.63. The third kappa shape index (κ3) is 0.789. The fourth-order valence-corrected chi connectivity index (χ4v) is 2.28. The maximum atomic E-state index is 9.63. The average Bonchev–Trinajstić information content (AvgIpc) is 2.00. The molecule has 0 aliphatic carbocycles. The SMILES string of the molecule is CC1[C@H](O)C2CCN1CC2. The first-order valence-corrected chi connectivity index (χ1v) is 4.21. The molecule has 2 bridgehead atoms. The summed E-state index contributed by atoms with van der Waals surface area (Å²) < 4.78 is 0. The molecule has 2 atom stereocenters. The zero-order valence-electron chi connectivity index (χ0n) is 6.45. The van der Waals surface area contributed by atoms with Gasteiger partial charge in [-0.3, -0.25) is 4.90 Å². The first kappa shape index (κ1) is 6.62.